The third-order valence-corrected chi connectivity index (χ3v) is 7.89. The molecule has 4 N–H and O–H groups in total. The normalized spacial score (nSPS) is 18.2. The van der Waals surface area contributed by atoms with Gasteiger partial charge in [0.15, 0.2) is 5.11 Å². The molecule has 2 fully saturated rings. The molecule has 0 saturated heterocycles. The number of hydrogen-bond acceptors (Lipinski definition) is 7. The fourth-order valence-electron chi connectivity index (χ4n) is 5.00. The van der Waals surface area contributed by atoms with E-state index in [4.69, 9.17) is 12.2 Å². The molecular weight excluding hydrogens is 592 g/mol. The van der Waals surface area contributed by atoms with Crippen LogP contribution < -0.4 is 20.8 Å². The summed E-state index contributed by atoms with van der Waals surface area (Å²) >= 11 is 5.20. The van der Waals surface area contributed by atoms with Crippen LogP contribution in [0.25, 0.3) is 0 Å². The maximum atomic E-state index is 10.6. The number of para-hydroxylation sites is 2. The maximum Gasteiger partial charge on any atom is 2.00 e. The van der Waals surface area contributed by atoms with Gasteiger partial charge in [0.2, 0.25) is 0 Å². The number of nitrogens with one attached hydrogen (secondary N) is 2. The first-order chi connectivity index (χ1) is 18.9. The zero-order chi connectivity index (χ0) is 29.6. The molecule has 0 aromatic heterocycles. The molecule has 10 heteroatoms. The minimum absolute atomic E-state index is 0. The van der Waals surface area contributed by atoms with E-state index in [0.29, 0.717) is 5.11 Å². The second-order valence-corrected chi connectivity index (χ2v) is 11.3. The Morgan fingerprint density at radius 2 is 0.976 bits per heavy atom. The van der Waals surface area contributed by atoms with E-state index < -0.39 is 23.1 Å². The van der Waals surface area contributed by atoms with Crippen LogP contribution in [-0.2, 0) is 26.7 Å². The predicted molar refractivity (Wildman–Crippen MR) is 157 cm³/mol. The van der Waals surface area contributed by atoms with Crippen molar-refractivity contribution in [1.82, 2.24) is 0 Å². The number of aliphatic carboxylic acids is 2. The molecular formula is C31H42CuN2O6S. The Balaban J connectivity index is 0.000000309. The molecule has 2 aliphatic rings. The second-order valence-electron chi connectivity index (χ2n) is 10.9. The van der Waals surface area contributed by atoms with E-state index in [-0.39, 0.29) is 28.9 Å². The van der Waals surface area contributed by atoms with Crippen LogP contribution in [0.15, 0.2) is 60.7 Å². The van der Waals surface area contributed by atoms with Crippen LogP contribution >= 0.6 is 12.2 Å². The number of carbonyl (C=O) groups excluding carboxylic acids is 2. The van der Waals surface area contributed by atoms with Crippen molar-refractivity contribution >= 4 is 40.6 Å². The molecule has 0 spiro atoms. The van der Waals surface area contributed by atoms with E-state index in [0.717, 1.165) is 75.6 Å². The summed E-state index contributed by atoms with van der Waals surface area (Å²) in [5, 5.41) is 47.0. The van der Waals surface area contributed by atoms with Crippen molar-refractivity contribution in [1.29, 1.82) is 0 Å². The van der Waals surface area contributed by atoms with E-state index in [2.05, 4.69) is 10.6 Å². The molecule has 1 radical (unpaired) electrons. The van der Waals surface area contributed by atoms with E-state index in [1.807, 2.05) is 60.7 Å². The van der Waals surface area contributed by atoms with Crippen LogP contribution in [0.5, 0.6) is 0 Å². The first-order valence-electron chi connectivity index (χ1n) is 14.0. The van der Waals surface area contributed by atoms with Crippen molar-refractivity contribution in [3.63, 3.8) is 0 Å². The number of rotatable bonds is 6. The Morgan fingerprint density at radius 3 is 1.24 bits per heavy atom. The summed E-state index contributed by atoms with van der Waals surface area (Å²) in [4.78, 5) is 21.1. The van der Waals surface area contributed by atoms with Crippen molar-refractivity contribution in [2.75, 3.05) is 10.6 Å². The zero-order valence-electron chi connectivity index (χ0n) is 23.7. The van der Waals surface area contributed by atoms with Crippen LogP contribution in [0, 0.1) is 11.8 Å². The standard InChI is InChI=1S/C13H12N2S.2C9H16O3.Cu/c16-13(14-11-7-3-1-4-8-11)15-12-9-5-2-6-10-12;2*1-9(12,8(10)11)7-5-3-2-4-6-7;/h1-10H,(H2,14,15,16);2*7,12H,2-6H2,1H3,(H,10,11);/q;;;+2/p-2. The van der Waals surface area contributed by atoms with Gasteiger partial charge in [0.1, 0.15) is 11.2 Å². The molecule has 0 bridgehead atoms. The van der Waals surface area contributed by atoms with Crippen molar-refractivity contribution < 1.29 is 47.1 Å². The maximum absolute atomic E-state index is 10.6. The molecule has 2 unspecified atom stereocenters. The van der Waals surface area contributed by atoms with Gasteiger partial charge in [-0.15, -0.1) is 0 Å². The fourth-order valence-corrected chi connectivity index (χ4v) is 5.23. The molecule has 2 aliphatic carbocycles. The number of anilines is 2. The van der Waals surface area contributed by atoms with Gasteiger partial charge in [-0.1, -0.05) is 74.9 Å². The Morgan fingerprint density at radius 1 is 0.683 bits per heavy atom. The quantitative estimate of drug-likeness (QED) is 0.277. The molecule has 229 valence electrons. The number of carboxylic acid groups (broad SMARTS) is 2. The Hall–Kier alpha value is -2.49. The molecule has 2 saturated carbocycles. The van der Waals surface area contributed by atoms with Gasteiger partial charge in [0.25, 0.3) is 0 Å². The Labute approximate surface area is 259 Å². The Bertz CT molecular complexity index is 973. The van der Waals surface area contributed by atoms with E-state index in [1.54, 1.807) is 0 Å². The summed E-state index contributed by atoms with van der Waals surface area (Å²) in [6, 6.07) is 19.7. The third kappa shape index (κ3) is 12.5. The Kier molecular flexibility index (Phi) is 16.2. The number of carbonyl (C=O) groups is 2. The minimum atomic E-state index is -1.62. The molecule has 4 rings (SSSR count). The molecule has 0 heterocycles. The first kappa shape index (κ1) is 36.5. The van der Waals surface area contributed by atoms with Gasteiger partial charge < -0.3 is 40.6 Å². The minimum Gasteiger partial charge on any atom is -0.547 e. The molecule has 41 heavy (non-hydrogen) atoms. The largest absolute Gasteiger partial charge is 2.00 e. The number of carboxylic acids is 2. The molecule has 2 aromatic rings. The van der Waals surface area contributed by atoms with Crippen LogP contribution in [0.1, 0.15) is 78.1 Å². The first-order valence-corrected chi connectivity index (χ1v) is 14.4. The van der Waals surface area contributed by atoms with Gasteiger partial charge in [-0.3, -0.25) is 0 Å². The molecule has 0 amide bonds. The van der Waals surface area contributed by atoms with Crippen molar-refractivity contribution in [2.24, 2.45) is 11.8 Å². The van der Waals surface area contributed by atoms with Gasteiger partial charge in [0, 0.05) is 11.4 Å². The zero-order valence-corrected chi connectivity index (χ0v) is 25.5. The second kappa shape index (κ2) is 18.1. The van der Waals surface area contributed by atoms with E-state index in [1.165, 1.54) is 13.8 Å². The summed E-state index contributed by atoms with van der Waals surface area (Å²) < 4.78 is 0. The van der Waals surface area contributed by atoms with Crippen LogP contribution in [0.3, 0.4) is 0 Å². The van der Waals surface area contributed by atoms with Gasteiger partial charge in [-0.2, -0.15) is 0 Å². The fraction of sp³-hybridized carbons (Fsp3) is 0.516. The molecule has 8 nitrogen and oxygen atoms in total. The monoisotopic (exact) mass is 633 g/mol. The van der Waals surface area contributed by atoms with Gasteiger partial charge in [-0.05, 0) is 87.8 Å². The van der Waals surface area contributed by atoms with Crippen molar-refractivity contribution in [2.45, 2.75) is 89.3 Å². The van der Waals surface area contributed by atoms with Crippen molar-refractivity contribution in [3.05, 3.63) is 60.7 Å². The van der Waals surface area contributed by atoms with Crippen LogP contribution in [0.2, 0.25) is 0 Å². The van der Waals surface area contributed by atoms with Gasteiger partial charge in [-0.25, -0.2) is 0 Å². The number of thiocarbonyl (C=S) groups is 1. The van der Waals surface area contributed by atoms with Gasteiger partial charge in [0.05, 0.1) is 11.9 Å². The average molecular weight is 634 g/mol. The summed E-state index contributed by atoms with van der Waals surface area (Å²) in [5.41, 5.74) is -1.28. The van der Waals surface area contributed by atoms with Gasteiger partial charge >= 0.3 is 17.1 Å². The summed E-state index contributed by atoms with van der Waals surface area (Å²) in [6.45, 7) is 2.69. The average Bonchev–Trinajstić information content (AvgIpc) is 2.95. The van der Waals surface area contributed by atoms with E-state index in [9.17, 15) is 30.0 Å². The van der Waals surface area contributed by atoms with Crippen LogP contribution in [0.4, 0.5) is 11.4 Å². The van der Waals surface area contributed by atoms with Crippen LogP contribution in [-0.4, -0.2) is 38.5 Å². The predicted octanol–water partition coefficient (Wildman–Crippen LogP) is 3.63. The van der Waals surface area contributed by atoms with E-state index >= 15 is 0 Å². The molecule has 0 aliphatic heterocycles. The topological polar surface area (TPSA) is 145 Å². The summed E-state index contributed by atoms with van der Waals surface area (Å²) in [7, 11) is 0. The SMILES string of the molecule is CC(O)(C(=O)[O-])C1CCCCC1.CC(O)(C(=O)[O-])C1CCCCC1.S=C(Nc1ccccc1)Nc1ccccc1.[Cu+2]. The summed E-state index contributed by atoms with van der Waals surface area (Å²) in [6.07, 6.45) is 9.62. The number of hydrogen-bond donors (Lipinski definition) is 4. The molecule has 2 aromatic carbocycles. The number of benzene rings is 2. The van der Waals surface area contributed by atoms with Crippen molar-refractivity contribution in [3.8, 4) is 0 Å². The third-order valence-electron chi connectivity index (χ3n) is 7.69. The smallest absolute Gasteiger partial charge is 0.547 e. The molecule has 2 atom stereocenters. The number of aliphatic hydroxyl groups is 2. The summed E-state index contributed by atoms with van der Waals surface area (Å²) in [5.74, 6) is -2.91.